The van der Waals surface area contributed by atoms with E-state index in [1.54, 1.807) is 30.3 Å². The molecule has 1 amide bonds. The molecule has 0 fully saturated rings. The Bertz CT molecular complexity index is 975. The van der Waals surface area contributed by atoms with E-state index >= 15 is 0 Å². The van der Waals surface area contributed by atoms with Crippen molar-refractivity contribution in [1.82, 2.24) is 0 Å². The van der Waals surface area contributed by atoms with Crippen molar-refractivity contribution in [2.75, 3.05) is 30.4 Å². The molecule has 8 heteroatoms. The van der Waals surface area contributed by atoms with E-state index in [0.29, 0.717) is 35.8 Å². The van der Waals surface area contributed by atoms with Gasteiger partial charge in [0.1, 0.15) is 17.4 Å². The van der Waals surface area contributed by atoms with Gasteiger partial charge in [0.2, 0.25) is 0 Å². The van der Waals surface area contributed by atoms with E-state index in [2.05, 4.69) is 5.32 Å². The molecule has 0 aliphatic rings. The maximum atomic E-state index is 12.7. The minimum Gasteiger partial charge on any atom is -0.495 e. The summed E-state index contributed by atoms with van der Waals surface area (Å²) in [6.07, 6.45) is 1.37. The largest absolute Gasteiger partial charge is 0.495 e. The van der Waals surface area contributed by atoms with Crippen LogP contribution in [0.25, 0.3) is 6.08 Å². The number of para-hydroxylation sites is 2. The van der Waals surface area contributed by atoms with Crippen LogP contribution in [0.3, 0.4) is 0 Å². The predicted octanol–water partition coefficient (Wildman–Crippen LogP) is 4.00. The van der Waals surface area contributed by atoms with E-state index < -0.39 is 10.8 Å². The van der Waals surface area contributed by atoms with Crippen molar-refractivity contribution < 1.29 is 14.5 Å². The average molecular weight is 394 g/mol. The molecule has 2 aromatic carbocycles. The fourth-order valence-corrected chi connectivity index (χ4v) is 2.87. The number of anilines is 2. The Morgan fingerprint density at radius 2 is 1.97 bits per heavy atom. The number of nitro benzene ring substituents is 1. The molecular weight excluding hydrogens is 372 g/mol. The van der Waals surface area contributed by atoms with Crippen molar-refractivity contribution in [2.24, 2.45) is 0 Å². The molecule has 0 aliphatic heterocycles. The van der Waals surface area contributed by atoms with E-state index in [1.165, 1.54) is 25.3 Å². The lowest BCUT2D eigenvalue weighted by molar-refractivity contribution is -0.384. The normalized spacial score (nSPS) is 10.8. The zero-order valence-corrected chi connectivity index (χ0v) is 16.5. The number of rotatable bonds is 8. The topological polar surface area (TPSA) is 108 Å². The lowest BCUT2D eigenvalue weighted by Gasteiger charge is -2.23. The van der Waals surface area contributed by atoms with E-state index in [-0.39, 0.29) is 11.3 Å². The van der Waals surface area contributed by atoms with E-state index in [9.17, 15) is 20.2 Å². The third kappa shape index (κ3) is 5.11. The summed E-state index contributed by atoms with van der Waals surface area (Å²) in [5, 5.41) is 23.4. The molecule has 29 heavy (non-hydrogen) atoms. The van der Waals surface area contributed by atoms with Gasteiger partial charge in [0.05, 0.1) is 17.7 Å². The summed E-state index contributed by atoms with van der Waals surface area (Å²) < 4.78 is 5.20. The number of carbonyl (C=O) groups excluding carboxylic acids is 1. The van der Waals surface area contributed by atoms with Gasteiger partial charge >= 0.3 is 0 Å². The number of non-ortho nitro benzene ring substituents is 1. The monoisotopic (exact) mass is 394 g/mol. The quantitative estimate of drug-likeness (QED) is 0.314. The summed E-state index contributed by atoms with van der Waals surface area (Å²) in [6.45, 7) is 5.25. The second-order valence-electron chi connectivity index (χ2n) is 6.00. The summed E-state index contributed by atoms with van der Waals surface area (Å²) in [5.41, 5.74) is 1.26. The molecule has 0 saturated carbocycles. The van der Waals surface area contributed by atoms with Gasteiger partial charge in [-0.3, -0.25) is 14.9 Å². The Hall–Kier alpha value is -3.86. The van der Waals surface area contributed by atoms with Gasteiger partial charge in [-0.25, -0.2) is 0 Å². The maximum Gasteiger partial charge on any atom is 0.270 e. The minimum atomic E-state index is -0.631. The standard InChI is InChI=1S/C21H22N4O4/c1-4-24(5-2)19-11-10-17(25(27)28)13-15(19)12-16(14-22)21(26)23-18-8-6-7-9-20(18)29-3/h6-13H,4-5H2,1-3H3,(H,23,26)/b16-12+. The molecule has 0 spiro atoms. The van der Waals surface area contributed by atoms with Crippen LogP contribution in [0.5, 0.6) is 5.75 Å². The molecule has 0 aliphatic carbocycles. The van der Waals surface area contributed by atoms with Crippen LogP contribution in [0.2, 0.25) is 0 Å². The molecule has 2 aromatic rings. The molecule has 1 N–H and O–H groups in total. The summed E-state index contributed by atoms with van der Waals surface area (Å²) in [6, 6.07) is 13.1. The molecular formula is C21H22N4O4. The Kier molecular flexibility index (Phi) is 7.32. The first-order valence-electron chi connectivity index (χ1n) is 9.04. The van der Waals surface area contributed by atoms with Crippen LogP contribution in [0.4, 0.5) is 17.1 Å². The Balaban J connectivity index is 2.47. The second kappa shape index (κ2) is 9.90. The molecule has 150 valence electrons. The van der Waals surface area contributed by atoms with Crippen LogP contribution >= 0.6 is 0 Å². The van der Waals surface area contributed by atoms with Crippen molar-refractivity contribution in [2.45, 2.75) is 13.8 Å². The van der Waals surface area contributed by atoms with E-state index in [4.69, 9.17) is 4.74 Å². The van der Waals surface area contributed by atoms with E-state index in [0.717, 1.165) is 0 Å². The highest BCUT2D eigenvalue weighted by atomic mass is 16.6. The van der Waals surface area contributed by atoms with Crippen molar-refractivity contribution in [3.8, 4) is 11.8 Å². The van der Waals surface area contributed by atoms with Crippen molar-refractivity contribution >= 4 is 29.0 Å². The van der Waals surface area contributed by atoms with Gasteiger partial charge in [-0.15, -0.1) is 0 Å². The molecule has 0 unspecified atom stereocenters. The Morgan fingerprint density at radius 1 is 1.28 bits per heavy atom. The number of nitrogens with zero attached hydrogens (tertiary/aromatic N) is 3. The summed E-state index contributed by atoms with van der Waals surface area (Å²) in [5.74, 6) is -0.175. The minimum absolute atomic E-state index is 0.116. The summed E-state index contributed by atoms with van der Waals surface area (Å²) in [4.78, 5) is 25.3. The van der Waals surface area contributed by atoms with Gasteiger partial charge in [-0.2, -0.15) is 5.26 Å². The van der Waals surface area contributed by atoms with Crippen molar-refractivity contribution in [3.63, 3.8) is 0 Å². The molecule has 0 atom stereocenters. The first kappa shape index (κ1) is 21.4. The lowest BCUT2D eigenvalue weighted by Crippen LogP contribution is -2.23. The average Bonchev–Trinajstić information content (AvgIpc) is 2.73. The van der Waals surface area contributed by atoms with Crippen molar-refractivity contribution in [1.29, 1.82) is 5.26 Å². The third-order valence-corrected chi connectivity index (χ3v) is 4.35. The van der Waals surface area contributed by atoms with Crippen molar-refractivity contribution in [3.05, 3.63) is 63.7 Å². The fraction of sp³-hybridized carbons (Fsp3) is 0.238. The highest BCUT2D eigenvalue weighted by Gasteiger charge is 2.17. The number of nitriles is 1. The van der Waals surface area contributed by atoms with Gasteiger partial charge < -0.3 is 15.0 Å². The van der Waals surface area contributed by atoms with Gasteiger partial charge in [-0.1, -0.05) is 12.1 Å². The number of nitro groups is 1. The number of methoxy groups -OCH3 is 1. The Morgan fingerprint density at radius 3 is 2.55 bits per heavy atom. The van der Waals surface area contributed by atoms with Crippen LogP contribution in [-0.4, -0.2) is 31.0 Å². The fourth-order valence-electron chi connectivity index (χ4n) is 2.87. The Labute approximate surface area is 169 Å². The number of amides is 1. The SMILES string of the molecule is CCN(CC)c1ccc([N+](=O)[O-])cc1/C=C(\C#N)C(=O)Nc1ccccc1OC. The number of hydrogen-bond acceptors (Lipinski definition) is 6. The molecule has 8 nitrogen and oxygen atoms in total. The number of hydrogen-bond donors (Lipinski definition) is 1. The molecule has 0 saturated heterocycles. The molecule has 0 aromatic heterocycles. The van der Waals surface area contributed by atoms with Gasteiger partial charge in [-0.05, 0) is 38.1 Å². The number of ether oxygens (including phenoxy) is 1. The number of carbonyl (C=O) groups is 1. The van der Waals surface area contributed by atoms with Gasteiger partial charge in [0, 0.05) is 36.5 Å². The highest BCUT2D eigenvalue weighted by Crippen LogP contribution is 2.28. The number of nitrogens with one attached hydrogen (secondary N) is 1. The maximum absolute atomic E-state index is 12.7. The van der Waals surface area contributed by atoms with Crippen LogP contribution in [-0.2, 0) is 4.79 Å². The van der Waals surface area contributed by atoms with Crippen LogP contribution < -0.4 is 15.0 Å². The lowest BCUT2D eigenvalue weighted by atomic mass is 10.1. The number of benzene rings is 2. The summed E-state index contributed by atoms with van der Waals surface area (Å²) in [7, 11) is 1.48. The summed E-state index contributed by atoms with van der Waals surface area (Å²) >= 11 is 0. The van der Waals surface area contributed by atoms with Crippen LogP contribution in [0, 0.1) is 21.4 Å². The first-order chi connectivity index (χ1) is 13.9. The first-order valence-corrected chi connectivity index (χ1v) is 9.04. The zero-order valence-electron chi connectivity index (χ0n) is 16.5. The zero-order chi connectivity index (χ0) is 21.4. The van der Waals surface area contributed by atoms with Crippen LogP contribution in [0.1, 0.15) is 19.4 Å². The smallest absolute Gasteiger partial charge is 0.270 e. The predicted molar refractivity (Wildman–Crippen MR) is 112 cm³/mol. The third-order valence-electron chi connectivity index (χ3n) is 4.35. The molecule has 0 bridgehead atoms. The second-order valence-corrected chi connectivity index (χ2v) is 6.00. The molecule has 0 heterocycles. The molecule has 2 rings (SSSR count). The van der Waals surface area contributed by atoms with E-state index in [1.807, 2.05) is 24.8 Å². The highest BCUT2D eigenvalue weighted by molar-refractivity contribution is 6.10. The van der Waals surface area contributed by atoms with Crippen LogP contribution in [0.15, 0.2) is 48.0 Å². The van der Waals surface area contributed by atoms with Gasteiger partial charge in [0.25, 0.3) is 11.6 Å². The van der Waals surface area contributed by atoms with Gasteiger partial charge in [0.15, 0.2) is 0 Å². The molecule has 0 radical (unpaired) electrons.